The van der Waals surface area contributed by atoms with Gasteiger partial charge in [0.15, 0.2) is 0 Å². The van der Waals surface area contributed by atoms with E-state index < -0.39 is 23.8 Å². The molecular weight excluding hydrogens is 348 g/mol. The molecule has 1 aromatic carbocycles. The molecule has 4 amide bonds. The average molecular weight is 370 g/mol. The fraction of sp³-hybridized carbons (Fsp3) is 0.474. The molecule has 8 heteroatoms. The Hall–Kier alpha value is -2.74. The first-order valence-corrected chi connectivity index (χ1v) is 9.33. The van der Waals surface area contributed by atoms with Gasteiger partial charge in [-0.1, -0.05) is 0 Å². The molecule has 0 bridgehead atoms. The van der Waals surface area contributed by atoms with Crippen LogP contribution in [0.3, 0.4) is 0 Å². The zero-order valence-electron chi connectivity index (χ0n) is 14.9. The molecule has 0 radical (unpaired) electrons. The van der Waals surface area contributed by atoms with Crippen molar-refractivity contribution in [3.05, 3.63) is 29.3 Å². The Labute approximate surface area is 156 Å². The van der Waals surface area contributed by atoms with Crippen LogP contribution in [-0.4, -0.2) is 53.7 Å². The highest BCUT2D eigenvalue weighted by Gasteiger charge is 2.44. The van der Waals surface area contributed by atoms with Gasteiger partial charge in [-0.05, 0) is 43.9 Å². The summed E-state index contributed by atoms with van der Waals surface area (Å²) in [4.78, 5) is 52.3. The zero-order valence-corrected chi connectivity index (χ0v) is 14.9. The lowest BCUT2D eigenvalue weighted by Gasteiger charge is -2.37. The second kappa shape index (κ2) is 6.77. The molecule has 27 heavy (non-hydrogen) atoms. The minimum absolute atomic E-state index is 0.112. The summed E-state index contributed by atoms with van der Waals surface area (Å²) in [6.45, 7) is 1.39. The summed E-state index contributed by atoms with van der Waals surface area (Å²) in [5.41, 5.74) is 7.38. The average Bonchev–Trinajstić information content (AvgIpc) is 2.92. The fourth-order valence-corrected chi connectivity index (χ4v) is 4.22. The third-order valence-corrected chi connectivity index (χ3v) is 5.65. The van der Waals surface area contributed by atoms with Gasteiger partial charge in [0, 0.05) is 31.2 Å². The molecular formula is C19H22N4O4. The first-order chi connectivity index (χ1) is 13.0. The number of nitrogens with two attached hydrogens (primary N) is 1. The summed E-state index contributed by atoms with van der Waals surface area (Å²) in [7, 11) is 0. The van der Waals surface area contributed by atoms with E-state index in [0.717, 1.165) is 36.4 Å². The van der Waals surface area contributed by atoms with E-state index in [1.807, 2.05) is 6.07 Å². The predicted octanol–water partition coefficient (Wildman–Crippen LogP) is 0.405. The normalized spacial score (nSPS) is 25.7. The first-order valence-electron chi connectivity index (χ1n) is 9.33. The van der Waals surface area contributed by atoms with Crippen LogP contribution in [0.15, 0.2) is 18.2 Å². The van der Waals surface area contributed by atoms with Crippen LogP contribution >= 0.6 is 0 Å². The number of rotatable bonds is 3. The number of piperidine rings is 2. The van der Waals surface area contributed by atoms with Crippen molar-refractivity contribution in [2.45, 2.75) is 44.2 Å². The molecule has 0 aliphatic carbocycles. The Morgan fingerprint density at radius 3 is 2.56 bits per heavy atom. The Morgan fingerprint density at radius 1 is 1.04 bits per heavy atom. The van der Waals surface area contributed by atoms with Crippen LogP contribution in [0.4, 0.5) is 5.69 Å². The maximum absolute atomic E-state index is 12.9. The summed E-state index contributed by atoms with van der Waals surface area (Å²) in [6.07, 6.45) is 3.46. The number of anilines is 1. The molecule has 3 heterocycles. The number of amides is 4. The topological polar surface area (TPSA) is 113 Å². The number of carbonyl (C=O) groups excluding carboxylic acids is 4. The minimum Gasteiger partial charge on any atom is -0.367 e. The van der Waals surface area contributed by atoms with E-state index in [4.69, 9.17) is 5.73 Å². The summed E-state index contributed by atoms with van der Waals surface area (Å²) in [5, 5.41) is 2.20. The minimum atomic E-state index is -0.940. The van der Waals surface area contributed by atoms with E-state index in [1.165, 1.54) is 0 Å². The van der Waals surface area contributed by atoms with Gasteiger partial charge in [-0.3, -0.25) is 29.4 Å². The van der Waals surface area contributed by atoms with Gasteiger partial charge in [0.1, 0.15) is 6.04 Å². The third kappa shape index (κ3) is 2.90. The molecule has 3 aliphatic rings. The lowest BCUT2D eigenvalue weighted by atomic mass is 10.00. The molecule has 1 aromatic rings. The predicted molar refractivity (Wildman–Crippen MR) is 97.2 cm³/mol. The van der Waals surface area contributed by atoms with Crippen LogP contribution in [0.25, 0.3) is 0 Å². The number of hydrogen-bond donors (Lipinski definition) is 2. The monoisotopic (exact) mass is 370 g/mol. The van der Waals surface area contributed by atoms with Gasteiger partial charge in [0.05, 0.1) is 11.1 Å². The van der Waals surface area contributed by atoms with Crippen molar-refractivity contribution in [1.29, 1.82) is 0 Å². The Bertz CT molecular complexity index is 837. The highest BCUT2D eigenvalue weighted by Crippen LogP contribution is 2.32. The van der Waals surface area contributed by atoms with Gasteiger partial charge >= 0.3 is 0 Å². The molecule has 2 saturated heterocycles. The summed E-state index contributed by atoms with van der Waals surface area (Å²) >= 11 is 0. The lowest BCUT2D eigenvalue weighted by Crippen LogP contribution is -2.54. The van der Waals surface area contributed by atoms with Crippen LogP contribution in [0.2, 0.25) is 0 Å². The van der Waals surface area contributed by atoms with Crippen LogP contribution in [0, 0.1) is 0 Å². The van der Waals surface area contributed by atoms with Crippen molar-refractivity contribution in [3.63, 3.8) is 0 Å². The van der Waals surface area contributed by atoms with Crippen molar-refractivity contribution < 1.29 is 19.2 Å². The largest absolute Gasteiger partial charge is 0.367 e. The van der Waals surface area contributed by atoms with E-state index in [2.05, 4.69) is 10.2 Å². The summed E-state index contributed by atoms with van der Waals surface area (Å²) in [5.74, 6) is -1.94. The van der Waals surface area contributed by atoms with Crippen LogP contribution < -0.4 is 16.0 Å². The molecule has 2 fully saturated rings. The maximum atomic E-state index is 12.9. The summed E-state index contributed by atoms with van der Waals surface area (Å²) < 4.78 is 0. The van der Waals surface area contributed by atoms with Crippen molar-refractivity contribution in [2.75, 3.05) is 18.0 Å². The van der Waals surface area contributed by atoms with Gasteiger partial charge in [-0.25, -0.2) is 0 Å². The number of nitrogens with one attached hydrogen (secondary N) is 1. The van der Waals surface area contributed by atoms with E-state index >= 15 is 0 Å². The lowest BCUT2D eigenvalue weighted by molar-refractivity contribution is -0.136. The molecule has 1 unspecified atom stereocenters. The fourth-order valence-electron chi connectivity index (χ4n) is 4.22. The highest BCUT2D eigenvalue weighted by molar-refractivity contribution is 6.23. The van der Waals surface area contributed by atoms with Crippen molar-refractivity contribution in [1.82, 2.24) is 10.2 Å². The standard InChI is InChI=1S/C19H22N4O4/c20-10-12-3-1-2-8-22(12)11-4-5-13-14(9-11)19(27)23(18(13)26)15-6-7-16(24)21-17(15)25/h4-5,9,12,15H,1-3,6-8,10,20H2,(H,21,24,25)/t12-,15?/m0/s1. The SMILES string of the molecule is NC[C@@H]1CCCCN1c1ccc2c(c1)C(=O)N(C1CCC(=O)NC1=O)C2=O. The maximum Gasteiger partial charge on any atom is 0.262 e. The van der Waals surface area contributed by atoms with E-state index in [9.17, 15) is 19.2 Å². The number of fused-ring (bicyclic) bond motifs is 1. The second-order valence-electron chi connectivity index (χ2n) is 7.26. The van der Waals surface area contributed by atoms with E-state index in [-0.39, 0.29) is 24.8 Å². The van der Waals surface area contributed by atoms with Gasteiger partial charge in [-0.2, -0.15) is 0 Å². The number of nitrogens with zero attached hydrogens (tertiary/aromatic N) is 2. The van der Waals surface area contributed by atoms with Gasteiger partial charge in [-0.15, -0.1) is 0 Å². The molecule has 0 saturated carbocycles. The third-order valence-electron chi connectivity index (χ3n) is 5.65. The zero-order chi connectivity index (χ0) is 19.1. The van der Waals surface area contributed by atoms with E-state index in [0.29, 0.717) is 17.7 Å². The number of imide groups is 2. The molecule has 0 spiro atoms. The first kappa shape index (κ1) is 17.7. The Balaban J connectivity index is 1.64. The van der Waals surface area contributed by atoms with Crippen LogP contribution in [0.5, 0.6) is 0 Å². The molecule has 3 aliphatic heterocycles. The van der Waals surface area contributed by atoms with Crippen LogP contribution in [0.1, 0.15) is 52.8 Å². The highest BCUT2D eigenvalue weighted by atomic mass is 16.2. The summed E-state index contributed by atoms with van der Waals surface area (Å²) in [6, 6.07) is 4.50. The van der Waals surface area contributed by atoms with Crippen molar-refractivity contribution in [3.8, 4) is 0 Å². The van der Waals surface area contributed by atoms with Gasteiger partial charge < -0.3 is 10.6 Å². The molecule has 2 atom stereocenters. The number of hydrogen-bond acceptors (Lipinski definition) is 6. The van der Waals surface area contributed by atoms with Gasteiger partial charge in [0.2, 0.25) is 11.8 Å². The Morgan fingerprint density at radius 2 is 1.81 bits per heavy atom. The van der Waals surface area contributed by atoms with Crippen molar-refractivity contribution in [2.24, 2.45) is 5.73 Å². The molecule has 8 nitrogen and oxygen atoms in total. The van der Waals surface area contributed by atoms with Gasteiger partial charge in [0.25, 0.3) is 11.8 Å². The van der Waals surface area contributed by atoms with E-state index in [1.54, 1.807) is 12.1 Å². The smallest absolute Gasteiger partial charge is 0.262 e. The molecule has 142 valence electrons. The number of carbonyl (C=O) groups is 4. The molecule has 4 rings (SSSR count). The number of benzene rings is 1. The van der Waals surface area contributed by atoms with Crippen LogP contribution in [-0.2, 0) is 9.59 Å². The molecule has 0 aromatic heterocycles. The molecule has 3 N–H and O–H groups in total. The van der Waals surface area contributed by atoms with Crippen molar-refractivity contribution >= 4 is 29.3 Å². The Kier molecular flexibility index (Phi) is 4.43. The quantitative estimate of drug-likeness (QED) is 0.745. The second-order valence-corrected chi connectivity index (χ2v) is 7.26.